The van der Waals surface area contributed by atoms with Gasteiger partial charge in [-0.05, 0) is 35.7 Å². The zero-order valence-electron chi connectivity index (χ0n) is 16.3. The first-order chi connectivity index (χ1) is 15.0. The van der Waals surface area contributed by atoms with Crippen molar-refractivity contribution in [3.63, 3.8) is 0 Å². The number of phenolic OH excluding ortho intramolecular Hbond substituents is 1. The highest BCUT2D eigenvalue weighted by Crippen LogP contribution is 2.36. The minimum Gasteiger partial charge on any atom is -0.506 e. The third kappa shape index (κ3) is 4.36. The summed E-state index contributed by atoms with van der Waals surface area (Å²) in [5, 5.41) is 59.2. The fourth-order valence-electron chi connectivity index (χ4n) is 3.35. The Kier molecular flexibility index (Phi) is 6.12. The van der Waals surface area contributed by atoms with E-state index in [1.807, 2.05) is 24.3 Å². The number of aliphatic hydroxyl groups excluding tert-OH is 4. The minimum absolute atomic E-state index is 0.0185. The Morgan fingerprint density at radius 2 is 1.58 bits per heavy atom. The summed E-state index contributed by atoms with van der Waals surface area (Å²) < 4.78 is 10.9. The van der Waals surface area contributed by atoms with E-state index < -0.39 is 37.3 Å². The molecule has 1 aliphatic heterocycles. The lowest BCUT2D eigenvalue weighted by Crippen LogP contribution is -2.60. The molecule has 4 rings (SSSR count). The molecule has 1 saturated heterocycles. The van der Waals surface area contributed by atoms with Crippen molar-refractivity contribution in [1.82, 2.24) is 0 Å². The van der Waals surface area contributed by atoms with Gasteiger partial charge in [0.25, 0.3) is 0 Å². The lowest BCUT2D eigenvalue weighted by molar-refractivity contribution is -0.277. The zero-order valence-corrected chi connectivity index (χ0v) is 16.3. The molecule has 0 aromatic heterocycles. The largest absolute Gasteiger partial charge is 0.506 e. The Labute approximate surface area is 177 Å². The second kappa shape index (κ2) is 8.96. The fraction of sp³-hybridized carbons (Fsp3) is 0.273. The number of rotatable bonds is 5. The maximum atomic E-state index is 10.2. The molecule has 0 unspecified atom stereocenters. The smallest absolute Gasteiger partial charge is 0.229 e. The van der Waals surface area contributed by atoms with E-state index in [0.717, 1.165) is 10.8 Å². The normalized spacial score (nSPS) is 26.4. The van der Waals surface area contributed by atoms with Gasteiger partial charge in [0.1, 0.15) is 41.6 Å². The SMILES string of the molecule is OC[C@H]1O[C@@H](Oc2ccc(N=Nc3c(O)ccc4ccccc34)cc2)[C@H](O)[C@@H](O)[C@@H]1O. The second-order valence-electron chi connectivity index (χ2n) is 7.16. The number of hydrogen-bond acceptors (Lipinski definition) is 9. The van der Waals surface area contributed by atoms with Gasteiger partial charge in [-0.25, -0.2) is 0 Å². The number of aromatic hydroxyl groups is 1. The maximum absolute atomic E-state index is 10.2. The zero-order chi connectivity index (χ0) is 22.0. The summed E-state index contributed by atoms with van der Waals surface area (Å²) in [5.41, 5.74) is 0.855. The summed E-state index contributed by atoms with van der Waals surface area (Å²) in [7, 11) is 0. The van der Waals surface area contributed by atoms with Gasteiger partial charge in [0.15, 0.2) is 0 Å². The van der Waals surface area contributed by atoms with Gasteiger partial charge in [0.2, 0.25) is 6.29 Å². The number of nitrogens with zero attached hydrogens (tertiary/aromatic N) is 2. The Balaban J connectivity index is 1.49. The van der Waals surface area contributed by atoms with E-state index in [4.69, 9.17) is 9.47 Å². The number of azo groups is 1. The summed E-state index contributed by atoms with van der Waals surface area (Å²) in [6.07, 6.45) is -6.78. The van der Waals surface area contributed by atoms with Gasteiger partial charge in [0, 0.05) is 5.39 Å². The van der Waals surface area contributed by atoms with Gasteiger partial charge >= 0.3 is 0 Å². The molecule has 0 saturated carbocycles. The number of benzene rings is 3. The van der Waals surface area contributed by atoms with Crippen LogP contribution in [0.25, 0.3) is 10.8 Å². The van der Waals surface area contributed by atoms with Crippen molar-refractivity contribution < 1.29 is 35.0 Å². The van der Waals surface area contributed by atoms with Gasteiger partial charge in [-0.2, -0.15) is 5.11 Å². The molecule has 0 bridgehead atoms. The maximum Gasteiger partial charge on any atom is 0.229 e. The quantitative estimate of drug-likeness (QED) is 0.393. The number of hydrogen-bond donors (Lipinski definition) is 5. The molecule has 0 amide bonds. The van der Waals surface area contributed by atoms with Crippen molar-refractivity contribution in [2.75, 3.05) is 6.61 Å². The van der Waals surface area contributed by atoms with E-state index in [1.165, 1.54) is 0 Å². The van der Waals surface area contributed by atoms with Crippen LogP contribution in [0.2, 0.25) is 0 Å². The molecule has 162 valence electrons. The van der Waals surface area contributed by atoms with E-state index in [1.54, 1.807) is 36.4 Å². The van der Waals surface area contributed by atoms with Crippen LogP contribution in [0, 0.1) is 0 Å². The van der Waals surface area contributed by atoms with Crippen molar-refractivity contribution in [2.45, 2.75) is 30.7 Å². The molecule has 1 fully saturated rings. The van der Waals surface area contributed by atoms with Gasteiger partial charge in [-0.1, -0.05) is 30.3 Å². The third-order valence-electron chi connectivity index (χ3n) is 5.08. The first-order valence-electron chi connectivity index (χ1n) is 9.67. The molecule has 5 atom stereocenters. The van der Waals surface area contributed by atoms with Crippen LogP contribution in [0.3, 0.4) is 0 Å². The van der Waals surface area contributed by atoms with E-state index in [-0.39, 0.29) is 5.75 Å². The summed E-state index contributed by atoms with van der Waals surface area (Å²) in [6, 6.07) is 17.2. The van der Waals surface area contributed by atoms with Crippen molar-refractivity contribution >= 4 is 22.1 Å². The van der Waals surface area contributed by atoms with Crippen molar-refractivity contribution in [3.8, 4) is 11.5 Å². The van der Waals surface area contributed by atoms with Crippen LogP contribution < -0.4 is 4.74 Å². The number of fused-ring (bicyclic) bond motifs is 1. The van der Waals surface area contributed by atoms with Crippen LogP contribution in [0.1, 0.15) is 0 Å². The first-order valence-corrected chi connectivity index (χ1v) is 9.67. The molecule has 0 radical (unpaired) electrons. The van der Waals surface area contributed by atoms with Crippen molar-refractivity contribution in [1.29, 1.82) is 0 Å². The minimum atomic E-state index is -1.52. The molecule has 0 spiro atoms. The average Bonchev–Trinajstić information content (AvgIpc) is 2.79. The third-order valence-corrected chi connectivity index (χ3v) is 5.08. The standard InChI is InChI=1S/C22H22N2O7/c25-11-17-19(27)20(28)21(29)22(31-17)30-14-8-6-13(7-9-14)23-24-18-15-4-2-1-3-12(15)5-10-16(18)26/h1-10,17,19-22,25-29H,11H2/t17-,19-,20+,21-,22-/m1/s1. The number of aliphatic hydroxyl groups is 4. The molecule has 9 nitrogen and oxygen atoms in total. The van der Waals surface area contributed by atoms with Crippen LogP contribution in [-0.2, 0) is 4.74 Å². The van der Waals surface area contributed by atoms with Crippen LogP contribution >= 0.6 is 0 Å². The van der Waals surface area contributed by atoms with E-state index in [2.05, 4.69) is 10.2 Å². The van der Waals surface area contributed by atoms with Gasteiger partial charge in [0.05, 0.1) is 12.3 Å². The molecule has 0 aliphatic carbocycles. The molecule has 1 heterocycles. The van der Waals surface area contributed by atoms with Crippen molar-refractivity contribution in [3.05, 3.63) is 60.7 Å². The second-order valence-corrected chi connectivity index (χ2v) is 7.16. The summed E-state index contributed by atoms with van der Waals surface area (Å²) in [6.45, 7) is -0.537. The predicted octanol–water partition coefficient (Wildman–Crippen LogP) is 2.14. The molecular formula is C22H22N2O7. The highest BCUT2D eigenvalue weighted by molar-refractivity contribution is 5.95. The fourth-order valence-corrected chi connectivity index (χ4v) is 3.35. The van der Waals surface area contributed by atoms with Crippen LogP contribution in [0.4, 0.5) is 11.4 Å². The summed E-state index contributed by atoms with van der Waals surface area (Å²) in [5.74, 6) is 0.335. The molecular weight excluding hydrogens is 404 g/mol. The number of phenols is 1. The van der Waals surface area contributed by atoms with Gasteiger partial charge < -0.3 is 35.0 Å². The average molecular weight is 426 g/mol. The Morgan fingerprint density at radius 3 is 2.32 bits per heavy atom. The van der Waals surface area contributed by atoms with E-state index in [0.29, 0.717) is 17.1 Å². The summed E-state index contributed by atoms with van der Waals surface area (Å²) >= 11 is 0. The van der Waals surface area contributed by atoms with E-state index in [9.17, 15) is 25.5 Å². The molecule has 5 N–H and O–H groups in total. The monoisotopic (exact) mass is 426 g/mol. The summed E-state index contributed by atoms with van der Waals surface area (Å²) in [4.78, 5) is 0. The first kappa shape index (κ1) is 21.2. The van der Waals surface area contributed by atoms with Gasteiger partial charge in [-0.3, -0.25) is 0 Å². The van der Waals surface area contributed by atoms with Crippen LogP contribution in [0.5, 0.6) is 11.5 Å². The Morgan fingerprint density at radius 1 is 0.839 bits per heavy atom. The van der Waals surface area contributed by atoms with Crippen molar-refractivity contribution in [2.24, 2.45) is 10.2 Å². The molecule has 1 aliphatic rings. The molecule has 31 heavy (non-hydrogen) atoms. The number of ether oxygens (including phenoxy) is 2. The Hall–Kier alpha value is -3.08. The van der Waals surface area contributed by atoms with Crippen LogP contribution in [-0.4, -0.2) is 62.8 Å². The Bertz CT molecular complexity index is 1070. The highest BCUT2D eigenvalue weighted by Gasteiger charge is 2.44. The molecule has 3 aromatic carbocycles. The molecule has 3 aromatic rings. The molecule has 9 heteroatoms. The van der Waals surface area contributed by atoms with E-state index >= 15 is 0 Å². The lowest BCUT2D eigenvalue weighted by Gasteiger charge is -2.39. The van der Waals surface area contributed by atoms with Gasteiger partial charge in [-0.15, -0.1) is 5.11 Å². The predicted molar refractivity (Wildman–Crippen MR) is 111 cm³/mol. The lowest BCUT2D eigenvalue weighted by atomic mass is 9.99. The van der Waals surface area contributed by atoms with Crippen LogP contribution in [0.15, 0.2) is 70.9 Å². The topological polar surface area (TPSA) is 144 Å². The highest BCUT2D eigenvalue weighted by atomic mass is 16.7.